The van der Waals surface area contributed by atoms with Gasteiger partial charge < -0.3 is 19.6 Å². The van der Waals surface area contributed by atoms with Crippen molar-refractivity contribution in [2.24, 2.45) is 5.16 Å². The third kappa shape index (κ3) is 4.36. The van der Waals surface area contributed by atoms with Crippen molar-refractivity contribution in [2.75, 3.05) is 20.8 Å². The number of nitrogens with zero attached hydrogens (tertiary/aromatic N) is 1. The van der Waals surface area contributed by atoms with E-state index in [2.05, 4.69) is 10.5 Å². The number of halogens is 1. The summed E-state index contributed by atoms with van der Waals surface area (Å²) in [6, 6.07) is 11.9. The maximum atomic E-state index is 13.8. The quantitative estimate of drug-likeness (QED) is 0.811. The Bertz CT molecular complexity index is 854. The monoisotopic (exact) mass is 372 g/mol. The average Bonchev–Trinajstić information content (AvgIpc) is 3.18. The minimum atomic E-state index is -0.745. The lowest BCUT2D eigenvalue weighted by atomic mass is 10.0. The SMILES string of the molecule is COc1ccc(CCNC(=O)[C@@H]2CC(c3ccccc3F)=NO2)cc1OC. The number of amides is 1. The molecule has 0 saturated heterocycles. The minimum Gasteiger partial charge on any atom is -0.493 e. The van der Waals surface area contributed by atoms with Gasteiger partial charge in [0, 0.05) is 18.5 Å². The van der Waals surface area contributed by atoms with Gasteiger partial charge in [0.25, 0.3) is 5.91 Å². The van der Waals surface area contributed by atoms with E-state index in [-0.39, 0.29) is 18.1 Å². The van der Waals surface area contributed by atoms with Crippen LogP contribution in [0.15, 0.2) is 47.6 Å². The van der Waals surface area contributed by atoms with E-state index in [1.54, 1.807) is 32.4 Å². The van der Waals surface area contributed by atoms with Crippen molar-refractivity contribution in [3.8, 4) is 11.5 Å². The second-order valence-electron chi connectivity index (χ2n) is 6.05. The predicted molar refractivity (Wildman–Crippen MR) is 98.7 cm³/mol. The number of benzene rings is 2. The molecule has 1 heterocycles. The number of hydrogen-bond acceptors (Lipinski definition) is 5. The lowest BCUT2D eigenvalue weighted by Crippen LogP contribution is -2.36. The van der Waals surface area contributed by atoms with E-state index >= 15 is 0 Å². The standard InChI is InChI=1S/C20H21FN2O4/c1-25-17-8-7-13(11-18(17)26-2)9-10-22-20(24)19-12-16(23-27-19)14-5-3-4-6-15(14)21/h3-8,11,19H,9-10,12H2,1-2H3,(H,22,24)/t19-/m0/s1. The zero-order valence-corrected chi connectivity index (χ0v) is 15.2. The molecule has 0 spiro atoms. The summed E-state index contributed by atoms with van der Waals surface area (Å²) in [5.41, 5.74) is 1.80. The van der Waals surface area contributed by atoms with E-state index < -0.39 is 6.10 Å². The number of carbonyl (C=O) groups is 1. The summed E-state index contributed by atoms with van der Waals surface area (Å²) in [7, 11) is 3.16. The number of nitrogens with one attached hydrogen (secondary N) is 1. The van der Waals surface area contributed by atoms with Gasteiger partial charge in [-0.15, -0.1) is 0 Å². The number of hydrogen-bond donors (Lipinski definition) is 1. The predicted octanol–water partition coefficient (Wildman–Crippen LogP) is 2.69. The fraction of sp³-hybridized carbons (Fsp3) is 0.300. The van der Waals surface area contributed by atoms with Crippen molar-refractivity contribution in [3.05, 3.63) is 59.4 Å². The van der Waals surface area contributed by atoms with Gasteiger partial charge in [-0.25, -0.2) is 4.39 Å². The first-order chi connectivity index (χ1) is 13.1. The maximum Gasteiger partial charge on any atom is 0.264 e. The van der Waals surface area contributed by atoms with Crippen LogP contribution in [-0.4, -0.2) is 38.5 Å². The Balaban J connectivity index is 1.50. The Morgan fingerprint density at radius 1 is 1.22 bits per heavy atom. The number of carbonyl (C=O) groups excluding carboxylic acids is 1. The highest BCUT2D eigenvalue weighted by Crippen LogP contribution is 2.27. The molecule has 0 aliphatic carbocycles. The van der Waals surface area contributed by atoms with Gasteiger partial charge in [-0.1, -0.05) is 29.4 Å². The molecule has 1 N–H and O–H groups in total. The third-order valence-corrected chi connectivity index (χ3v) is 4.31. The first-order valence-corrected chi connectivity index (χ1v) is 8.58. The van der Waals surface area contributed by atoms with Gasteiger partial charge in [-0.3, -0.25) is 4.79 Å². The van der Waals surface area contributed by atoms with Gasteiger partial charge in [0.05, 0.1) is 19.9 Å². The largest absolute Gasteiger partial charge is 0.493 e. The average molecular weight is 372 g/mol. The van der Waals surface area contributed by atoms with E-state index in [0.29, 0.717) is 35.7 Å². The molecule has 2 aromatic carbocycles. The van der Waals surface area contributed by atoms with E-state index in [4.69, 9.17) is 14.3 Å². The Kier molecular flexibility index (Phi) is 5.90. The molecule has 3 rings (SSSR count). The number of methoxy groups -OCH3 is 2. The Labute approximate surface area is 156 Å². The highest BCUT2D eigenvalue weighted by Gasteiger charge is 2.29. The molecule has 142 valence electrons. The molecule has 1 aliphatic rings. The zero-order chi connectivity index (χ0) is 19.2. The highest BCUT2D eigenvalue weighted by atomic mass is 19.1. The zero-order valence-electron chi connectivity index (χ0n) is 15.2. The van der Waals surface area contributed by atoms with Crippen LogP contribution >= 0.6 is 0 Å². The lowest BCUT2D eigenvalue weighted by molar-refractivity contribution is -0.131. The van der Waals surface area contributed by atoms with E-state index in [1.165, 1.54) is 6.07 Å². The van der Waals surface area contributed by atoms with Gasteiger partial charge in [-0.2, -0.15) is 0 Å². The normalized spacial score (nSPS) is 15.7. The molecule has 1 atom stereocenters. The fourth-order valence-corrected chi connectivity index (χ4v) is 2.85. The molecule has 0 aromatic heterocycles. The molecule has 0 bridgehead atoms. The van der Waals surface area contributed by atoms with Gasteiger partial charge in [0.15, 0.2) is 11.5 Å². The number of ether oxygens (including phenoxy) is 2. The lowest BCUT2D eigenvalue weighted by Gasteiger charge is -2.11. The number of rotatable bonds is 7. The summed E-state index contributed by atoms with van der Waals surface area (Å²) in [4.78, 5) is 17.5. The molecule has 0 unspecified atom stereocenters. The van der Waals surface area contributed by atoms with Crippen LogP contribution in [0, 0.1) is 5.82 Å². The van der Waals surface area contributed by atoms with Crippen LogP contribution in [0.2, 0.25) is 0 Å². The molecular formula is C20H21FN2O4. The second kappa shape index (κ2) is 8.53. The summed E-state index contributed by atoms with van der Waals surface area (Å²) in [6.07, 6.45) is 0.119. The molecule has 1 aliphatic heterocycles. The Hall–Kier alpha value is -3.09. The van der Waals surface area contributed by atoms with Crippen molar-refractivity contribution in [3.63, 3.8) is 0 Å². The molecule has 7 heteroatoms. The molecule has 1 amide bonds. The van der Waals surface area contributed by atoms with Crippen molar-refractivity contribution in [1.82, 2.24) is 5.32 Å². The minimum absolute atomic E-state index is 0.239. The topological polar surface area (TPSA) is 69.2 Å². The second-order valence-corrected chi connectivity index (χ2v) is 6.05. The van der Waals surface area contributed by atoms with Crippen LogP contribution in [-0.2, 0) is 16.1 Å². The van der Waals surface area contributed by atoms with Crippen LogP contribution in [0.25, 0.3) is 0 Å². The highest BCUT2D eigenvalue weighted by molar-refractivity contribution is 6.04. The van der Waals surface area contributed by atoms with Crippen molar-refractivity contribution < 1.29 is 23.5 Å². The summed E-state index contributed by atoms with van der Waals surface area (Å²) in [5.74, 6) is 0.644. The van der Waals surface area contributed by atoms with E-state index in [1.807, 2.05) is 18.2 Å². The van der Waals surface area contributed by atoms with Crippen molar-refractivity contribution in [1.29, 1.82) is 0 Å². The first kappa shape index (κ1) is 18.7. The van der Waals surface area contributed by atoms with Crippen LogP contribution in [0.1, 0.15) is 17.5 Å². The Morgan fingerprint density at radius 2 is 2.00 bits per heavy atom. The van der Waals surface area contributed by atoms with Crippen LogP contribution < -0.4 is 14.8 Å². The first-order valence-electron chi connectivity index (χ1n) is 8.58. The smallest absolute Gasteiger partial charge is 0.264 e. The molecule has 0 fully saturated rings. The van der Waals surface area contributed by atoms with E-state index in [9.17, 15) is 9.18 Å². The van der Waals surface area contributed by atoms with Crippen LogP contribution in [0.5, 0.6) is 11.5 Å². The van der Waals surface area contributed by atoms with E-state index in [0.717, 1.165) is 5.56 Å². The molecule has 2 aromatic rings. The van der Waals surface area contributed by atoms with Crippen molar-refractivity contribution in [2.45, 2.75) is 18.9 Å². The van der Waals surface area contributed by atoms with Gasteiger partial charge >= 0.3 is 0 Å². The summed E-state index contributed by atoms with van der Waals surface area (Å²) in [6.45, 7) is 0.434. The summed E-state index contributed by atoms with van der Waals surface area (Å²) >= 11 is 0. The molecule has 6 nitrogen and oxygen atoms in total. The molecule has 0 radical (unpaired) electrons. The summed E-state index contributed by atoms with van der Waals surface area (Å²) in [5, 5.41) is 6.69. The fourth-order valence-electron chi connectivity index (χ4n) is 2.85. The maximum absolute atomic E-state index is 13.8. The summed E-state index contributed by atoms with van der Waals surface area (Å²) < 4.78 is 24.3. The van der Waals surface area contributed by atoms with Gasteiger partial charge in [0.1, 0.15) is 5.82 Å². The van der Waals surface area contributed by atoms with Crippen LogP contribution in [0.4, 0.5) is 4.39 Å². The molecule has 0 saturated carbocycles. The van der Waals surface area contributed by atoms with Crippen LogP contribution in [0.3, 0.4) is 0 Å². The Morgan fingerprint density at radius 3 is 2.74 bits per heavy atom. The van der Waals surface area contributed by atoms with Gasteiger partial charge in [-0.05, 0) is 30.2 Å². The number of oxime groups is 1. The third-order valence-electron chi connectivity index (χ3n) is 4.31. The molecule has 27 heavy (non-hydrogen) atoms. The van der Waals surface area contributed by atoms with Gasteiger partial charge in [0.2, 0.25) is 6.10 Å². The van der Waals surface area contributed by atoms with Crippen molar-refractivity contribution >= 4 is 11.6 Å². The molecular weight excluding hydrogens is 351 g/mol.